The first kappa shape index (κ1) is 25.2. The zero-order valence-electron chi connectivity index (χ0n) is 21.3. The number of aromatic nitrogens is 2. The molecule has 194 valence electrons. The molecule has 2 aliphatic rings. The molecule has 1 heterocycles. The number of nitrogens with zero attached hydrogens (tertiary/aromatic N) is 3. The van der Waals surface area contributed by atoms with Gasteiger partial charge in [0.15, 0.2) is 0 Å². The standard InChI is InChI=1S/C29H29N5O4/c1-17-26(28(38)33-24-12-18(14-30)6-7-20(24)4-3-5-25(35)36)29(17)11-10-19-8-9-21(13-23(19)29)27(37)32-22-15-31-34(2)16-22/h6-9,12-13,15-17,26H,3-5,10-11H2,1-2H3,(H,32,37)(H,33,38)(H,35,36). The SMILES string of the molecule is CC1C(C(=O)Nc2cc(C#N)ccc2CCCC(=O)O)C12CCc1ccc(C(=O)Nc3cnn(C)c3)cc12. The van der Waals surface area contributed by atoms with E-state index < -0.39 is 5.97 Å². The van der Waals surface area contributed by atoms with E-state index in [2.05, 4.69) is 28.7 Å². The van der Waals surface area contributed by atoms with E-state index in [4.69, 9.17) is 5.11 Å². The Bertz CT molecular complexity index is 1490. The Hall–Kier alpha value is -4.45. The molecular formula is C29H29N5O4. The quantitative estimate of drug-likeness (QED) is 0.417. The fraction of sp³-hybridized carbons (Fsp3) is 0.345. The van der Waals surface area contributed by atoms with Crippen molar-refractivity contribution in [2.45, 2.75) is 44.4 Å². The summed E-state index contributed by atoms with van der Waals surface area (Å²) >= 11 is 0. The molecule has 0 radical (unpaired) electrons. The first-order valence-corrected chi connectivity index (χ1v) is 12.7. The third-order valence-electron chi connectivity index (χ3n) is 8.02. The Labute approximate surface area is 220 Å². The van der Waals surface area contributed by atoms with Gasteiger partial charge in [0.05, 0.1) is 29.4 Å². The number of nitrogens with one attached hydrogen (secondary N) is 2. The van der Waals surface area contributed by atoms with Gasteiger partial charge in [0.25, 0.3) is 5.91 Å². The molecule has 38 heavy (non-hydrogen) atoms. The smallest absolute Gasteiger partial charge is 0.303 e. The molecule has 0 bridgehead atoms. The highest BCUT2D eigenvalue weighted by atomic mass is 16.4. The summed E-state index contributed by atoms with van der Waals surface area (Å²) in [5, 5.41) is 28.3. The van der Waals surface area contributed by atoms with E-state index in [1.54, 1.807) is 42.3 Å². The van der Waals surface area contributed by atoms with Crippen LogP contribution in [0.5, 0.6) is 0 Å². The molecule has 2 aliphatic carbocycles. The van der Waals surface area contributed by atoms with Crippen molar-refractivity contribution < 1.29 is 19.5 Å². The maximum absolute atomic E-state index is 13.6. The summed E-state index contributed by atoms with van der Waals surface area (Å²) in [6.45, 7) is 2.07. The van der Waals surface area contributed by atoms with Gasteiger partial charge in [-0.05, 0) is 72.6 Å². The second-order valence-corrected chi connectivity index (χ2v) is 10.3. The van der Waals surface area contributed by atoms with Crippen LogP contribution in [0.25, 0.3) is 0 Å². The number of carboxylic acids is 1. The minimum absolute atomic E-state index is 0.0314. The molecule has 2 aromatic carbocycles. The topological polar surface area (TPSA) is 137 Å². The van der Waals surface area contributed by atoms with Gasteiger partial charge in [0.2, 0.25) is 5.91 Å². The molecule has 0 aliphatic heterocycles. The number of nitriles is 1. The minimum atomic E-state index is -0.869. The fourth-order valence-corrected chi connectivity index (χ4v) is 6.04. The number of hydrogen-bond donors (Lipinski definition) is 3. The van der Waals surface area contributed by atoms with Crippen molar-refractivity contribution in [3.8, 4) is 6.07 Å². The van der Waals surface area contributed by atoms with Gasteiger partial charge in [0, 0.05) is 36.3 Å². The lowest BCUT2D eigenvalue weighted by Gasteiger charge is -2.15. The maximum Gasteiger partial charge on any atom is 0.303 e. The average molecular weight is 512 g/mol. The zero-order valence-corrected chi connectivity index (χ0v) is 21.3. The van der Waals surface area contributed by atoms with E-state index in [9.17, 15) is 19.6 Å². The molecule has 1 spiro atoms. The summed E-state index contributed by atoms with van der Waals surface area (Å²) in [6.07, 6.45) is 5.95. The Balaban J connectivity index is 1.36. The molecule has 5 rings (SSSR count). The molecule has 1 saturated carbocycles. The number of fused-ring (bicyclic) bond motifs is 2. The average Bonchev–Trinajstić information content (AvgIpc) is 3.13. The molecule has 1 aromatic heterocycles. The van der Waals surface area contributed by atoms with Gasteiger partial charge in [-0.1, -0.05) is 19.1 Å². The molecule has 2 amide bonds. The lowest BCUT2D eigenvalue weighted by molar-refractivity contribution is -0.137. The number of aliphatic carboxylic acids is 1. The Morgan fingerprint density at radius 3 is 2.74 bits per heavy atom. The first-order valence-electron chi connectivity index (χ1n) is 12.7. The Morgan fingerprint density at radius 1 is 1.21 bits per heavy atom. The van der Waals surface area contributed by atoms with Crippen molar-refractivity contribution in [2.24, 2.45) is 18.9 Å². The molecule has 9 heteroatoms. The summed E-state index contributed by atoms with van der Waals surface area (Å²) in [4.78, 5) is 37.5. The van der Waals surface area contributed by atoms with E-state index in [0.29, 0.717) is 35.3 Å². The largest absolute Gasteiger partial charge is 0.481 e. The molecule has 3 aromatic rings. The number of carbonyl (C=O) groups is 3. The van der Waals surface area contributed by atoms with Gasteiger partial charge in [-0.25, -0.2) is 0 Å². The number of aryl methyl sites for hydroxylation is 3. The van der Waals surface area contributed by atoms with Crippen LogP contribution < -0.4 is 10.6 Å². The molecule has 3 atom stereocenters. The van der Waals surface area contributed by atoms with Crippen molar-refractivity contribution >= 4 is 29.2 Å². The third-order valence-corrected chi connectivity index (χ3v) is 8.02. The van der Waals surface area contributed by atoms with Gasteiger partial charge in [-0.2, -0.15) is 10.4 Å². The molecular weight excluding hydrogens is 482 g/mol. The van der Waals surface area contributed by atoms with E-state index in [-0.39, 0.29) is 35.5 Å². The van der Waals surface area contributed by atoms with Crippen molar-refractivity contribution in [2.75, 3.05) is 10.6 Å². The van der Waals surface area contributed by atoms with E-state index >= 15 is 0 Å². The van der Waals surface area contributed by atoms with Crippen LogP contribution in [0, 0.1) is 23.2 Å². The van der Waals surface area contributed by atoms with Crippen LogP contribution in [-0.4, -0.2) is 32.7 Å². The van der Waals surface area contributed by atoms with E-state index in [1.165, 1.54) is 0 Å². The lowest BCUT2D eigenvalue weighted by Crippen LogP contribution is -2.21. The Kier molecular flexibility index (Phi) is 6.49. The molecule has 3 N–H and O–H groups in total. The Morgan fingerprint density at radius 2 is 2.03 bits per heavy atom. The zero-order chi connectivity index (χ0) is 27.0. The maximum atomic E-state index is 13.6. The molecule has 0 saturated heterocycles. The van der Waals surface area contributed by atoms with Crippen molar-refractivity contribution in [3.05, 3.63) is 76.6 Å². The summed E-state index contributed by atoms with van der Waals surface area (Å²) in [5.41, 5.74) is 4.82. The first-order chi connectivity index (χ1) is 18.2. The summed E-state index contributed by atoms with van der Waals surface area (Å²) in [5.74, 6) is -1.39. The van der Waals surface area contributed by atoms with Crippen LogP contribution >= 0.6 is 0 Å². The lowest BCUT2D eigenvalue weighted by atomic mass is 9.92. The van der Waals surface area contributed by atoms with Crippen LogP contribution in [-0.2, 0) is 34.9 Å². The second-order valence-electron chi connectivity index (χ2n) is 10.3. The summed E-state index contributed by atoms with van der Waals surface area (Å²) in [7, 11) is 1.78. The molecule has 3 unspecified atom stereocenters. The highest BCUT2D eigenvalue weighted by Crippen LogP contribution is 2.66. The van der Waals surface area contributed by atoms with Gasteiger partial charge in [-0.3, -0.25) is 19.1 Å². The number of anilines is 2. The van der Waals surface area contributed by atoms with Crippen LogP contribution in [0.2, 0.25) is 0 Å². The van der Waals surface area contributed by atoms with Gasteiger partial charge < -0.3 is 15.7 Å². The van der Waals surface area contributed by atoms with Crippen molar-refractivity contribution in [1.82, 2.24) is 9.78 Å². The fourth-order valence-electron chi connectivity index (χ4n) is 6.04. The predicted octanol–water partition coefficient (Wildman–Crippen LogP) is 4.04. The van der Waals surface area contributed by atoms with Crippen LogP contribution in [0.15, 0.2) is 48.8 Å². The minimum Gasteiger partial charge on any atom is -0.481 e. The normalized spacial score (nSPS) is 21.0. The van der Waals surface area contributed by atoms with Crippen LogP contribution in [0.3, 0.4) is 0 Å². The number of rotatable bonds is 8. The van der Waals surface area contributed by atoms with Crippen LogP contribution in [0.1, 0.15) is 58.8 Å². The number of amides is 2. The van der Waals surface area contributed by atoms with Gasteiger partial charge >= 0.3 is 5.97 Å². The van der Waals surface area contributed by atoms with Gasteiger partial charge in [0.1, 0.15) is 0 Å². The second kappa shape index (κ2) is 9.78. The summed E-state index contributed by atoms with van der Waals surface area (Å²) in [6, 6.07) is 12.9. The van der Waals surface area contributed by atoms with E-state index in [0.717, 1.165) is 29.5 Å². The van der Waals surface area contributed by atoms with Crippen molar-refractivity contribution in [1.29, 1.82) is 5.26 Å². The molecule has 9 nitrogen and oxygen atoms in total. The van der Waals surface area contributed by atoms with E-state index in [1.807, 2.05) is 18.2 Å². The number of benzene rings is 2. The summed E-state index contributed by atoms with van der Waals surface area (Å²) < 4.78 is 1.62. The number of hydrogen-bond acceptors (Lipinski definition) is 5. The van der Waals surface area contributed by atoms with Crippen LogP contribution in [0.4, 0.5) is 11.4 Å². The van der Waals surface area contributed by atoms with Gasteiger partial charge in [-0.15, -0.1) is 0 Å². The number of carboxylic acid groups (broad SMARTS) is 1. The monoisotopic (exact) mass is 511 g/mol. The number of carbonyl (C=O) groups excluding carboxylic acids is 2. The molecule has 1 fully saturated rings. The third kappa shape index (κ3) is 4.54. The highest BCUT2D eigenvalue weighted by molar-refractivity contribution is 6.04. The van der Waals surface area contributed by atoms with Crippen molar-refractivity contribution in [3.63, 3.8) is 0 Å². The predicted molar refractivity (Wildman–Crippen MR) is 141 cm³/mol. The highest BCUT2D eigenvalue weighted by Gasteiger charge is 2.68.